The van der Waals surface area contributed by atoms with Gasteiger partial charge in [0.25, 0.3) is 5.91 Å². The van der Waals surface area contributed by atoms with Gasteiger partial charge in [-0.15, -0.1) is 0 Å². The molecule has 1 aromatic heterocycles. The van der Waals surface area contributed by atoms with Crippen LogP contribution in [0.2, 0.25) is 0 Å². The van der Waals surface area contributed by atoms with Crippen LogP contribution in [-0.2, 0) is 0 Å². The van der Waals surface area contributed by atoms with Gasteiger partial charge in [0.1, 0.15) is 11.4 Å². The molecule has 134 valence electrons. The predicted octanol–water partition coefficient (Wildman–Crippen LogP) is 2.77. The third-order valence-corrected chi connectivity index (χ3v) is 3.55. The van der Waals surface area contributed by atoms with Crippen LogP contribution in [0, 0.1) is 6.92 Å². The summed E-state index contributed by atoms with van der Waals surface area (Å²) in [7, 11) is 0. The molecule has 0 atom stereocenters. The highest BCUT2D eigenvalue weighted by molar-refractivity contribution is 5.93. The lowest BCUT2D eigenvalue weighted by molar-refractivity contribution is 0.0734. The van der Waals surface area contributed by atoms with Crippen LogP contribution in [0.15, 0.2) is 72.2 Å². The third kappa shape index (κ3) is 5.05. The zero-order chi connectivity index (χ0) is 19.1. The number of aryl methyl sites for hydroxylation is 1. The van der Waals surface area contributed by atoms with Crippen molar-refractivity contribution in [2.24, 2.45) is 5.10 Å². The largest absolute Gasteiger partial charge is 0.423 e. The first-order valence-electron chi connectivity index (χ1n) is 8.10. The minimum absolute atomic E-state index is 0.174. The first kappa shape index (κ1) is 17.9. The van der Waals surface area contributed by atoms with E-state index in [1.165, 1.54) is 24.8 Å². The zero-order valence-corrected chi connectivity index (χ0v) is 14.5. The highest BCUT2D eigenvalue weighted by Crippen LogP contribution is 2.14. The summed E-state index contributed by atoms with van der Waals surface area (Å²) in [5.74, 6) is -0.461. The summed E-state index contributed by atoms with van der Waals surface area (Å²) in [4.78, 5) is 31.6. The van der Waals surface area contributed by atoms with Crippen molar-refractivity contribution in [1.82, 2.24) is 15.4 Å². The van der Waals surface area contributed by atoms with E-state index in [1.54, 1.807) is 36.4 Å². The van der Waals surface area contributed by atoms with Crippen molar-refractivity contribution in [3.05, 3.63) is 89.5 Å². The van der Waals surface area contributed by atoms with Crippen molar-refractivity contribution < 1.29 is 14.3 Å². The van der Waals surface area contributed by atoms with E-state index < -0.39 is 11.9 Å². The molecule has 0 unspecified atom stereocenters. The Bertz CT molecular complexity index is 953. The average Bonchev–Trinajstić information content (AvgIpc) is 2.70. The molecule has 0 saturated heterocycles. The maximum absolute atomic E-state index is 12.1. The van der Waals surface area contributed by atoms with Gasteiger partial charge in [0.05, 0.1) is 18.0 Å². The first-order valence-corrected chi connectivity index (χ1v) is 8.10. The standard InChI is InChI=1S/C20H16N4O3/c1-14-2-6-16(7-3-14)20(26)27-17-8-4-15(5-9-17)12-23-24-19(25)18-13-21-10-11-22-18/h2-13H,1H3,(H,24,25). The molecule has 0 aliphatic rings. The Kier molecular flexibility index (Phi) is 5.64. The average molecular weight is 360 g/mol. The molecule has 0 aliphatic carbocycles. The molecule has 0 fully saturated rings. The number of aromatic nitrogens is 2. The third-order valence-electron chi connectivity index (χ3n) is 3.55. The van der Waals surface area contributed by atoms with E-state index in [2.05, 4.69) is 20.5 Å². The topological polar surface area (TPSA) is 93.5 Å². The van der Waals surface area contributed by atoms with Gasteiger partial charge in [-0.05, 0) is 48.9 Å². The van der Waals surface area contributed by atoms with Gasteiger partial charge >= 0.3 is 5.97 Å². The Morgan fingerprint density at radius 3 is 2.44 bits per heavy atom. The van der Waals surface area contributed by atoms with E-state index in [1.807, 2.05) is 19.1 Å². The van der Waals surface area contributed by atoms with Gasteiger partial charge in [0, 0.05) is 12.4 Å². The van der Waals surface area contributed by atoms with Crippen molar-refractivity contribution in [3.63, 3.8) is 0 Å². The Balaban J connectivity index is 1.56. The molecule has 3 aromatic rings. The molecular weight excluding hydrogens is 344 g/mol. The normalized spacial score (nSPS) is 10.6. The molecule has 7 heteroatoms. The predicted molar refractivity (Wildman–Crippen MR) is 99.7 cm³/mol. The lowest BCUT2D eigenvalue weighted by Crippen LogP contribution is -2.19. The Morgan fingerprint density at radius 2 is 1.78 bits per heavy atom. The minimum atomic E-state index is -0.456. The second-order valence-electron chi connectivity index (χ2n) is 5.61. The maximum atomic E-state index is 12.1. The highest BCUT2D eigenvalue weighted by atomic mass is 16.5. The number of ether oxygens (including phenoxy) is 1. The summed E-state index contributed by atoms with van der Waals surface area (Å²) in [6.07, 6.45) is 5.73. The number of amides is 1. The molecule has 0 aliphatic heterocycles. The Morgan fingerprint density at radius 1 is 1.04 bits per heavy atom. The zero-order valence-electron chi connectivity index (χ0n) is 14.5. The summed E-state index contributed by atoms with van der Waals surface area (Å²) in [5.41, 5.74) is 4.82. The number of hydrogen-bond donors (Lipinski definition) is 1. The smallest absolute Gasteiger partial charge is 0.343 e. The first-order chi connectivity index (χ1) is 13.1. The fraction of sp³-hybridized carbons (Fsp3) is 0.0500. The molecule has 0 radical (unpaired) electrons. The van der Waals surface area contributed by atoms with Gasteiger partial charge in [-0.2, -0.15) is 5.10 Å². The summed E-state index contributed by atoms with van der Waals surface area (Å²) in [5, 5.41) is 3.86. The number of benzene rings is 2. The molecule has 7 nitrogen and oxygen atoms in total. The molecule has 1 heterocycles. The Hall–Kier alpha value is -3.87. The SMILES string of the molecule is Cc1ccc(C(=O)Oc2ccc(C=NNC(=O)c3cnccn3)cc2)cc1. The van der Waals surface area contributed by atoms with Gasteiger partial charge < -0.3 is 4.74 Å². The van der Waals surface area contributed by atoms with Crippen LogP contribution in [0.4, 0.5) is 0 Å². The van der Waals surface area contributed by atoms with Gasteiger partial charge in [0.15, 0.2) is 0 Å². The number of hydrogen-bond acceptors (Lipinski definition) is 6. The van der Waals surface area contributed by atoms with Gasteiger partial charge in [-0.1, -0.05) is 17.7 Å². The van der Waals surface area contributed by atoms with Gasteiger partial charge in [0.2, 0.25) is 0 Å². The maximum Gasteiger partial charge on any atom is 0.343 e. The molecule has 0 bridgehead atoms. The molecule has 3 rings (SSSR count). The lowest BCUT2D eigenvalue weighted by Gasteiger charge is -2.05. The van der Waals surface area contributed by atoms with Crippen molar-refractivity contribution >= 4 is 18.1 Å². The molecule has 1 amide bonds. The van der Waals surface area contributed by atoms with Crippen molar-refractivity contribution in [2.75, 3.05) is 0 Å². The van der Waals surface area contributed by atoms with Crippen LogP contribution in [0.25, 0.3) is 0 Å². The lowest BCUT2D eigenvalue weighted by atomic mass is 10.1. The number of esters is 1. The quantitative estimate of drug-likeness (QED) is 0.327. The van der Waals surface area contributed by atoms with E-state index in [9.17, 15) is 9.59 Å². The second-order valence-corrected chi connectivity index (χ2v) is 5.61. The number of nitrogens with one attached hydrogen (secondary N) is 1. The fourth-order valence-corrected chi connectivity index (χ4v) is 2.12. The van der Waals surface area contributed by atoms with E-state index in [-0.39, 0.29) is 5.69 Å². The van der Waals surface area contributed by atoms with Crippen LogP contribution in [0.5, 0.6) is 5.75 Å². The summed E-state index contributed by atoms with van der Waals surface area (Å²) < 4.78 is 5.33. The molecule has 0 spiro atoms. The van der Waals surface area contributed by atoms with Gasteiger partial charge in [-0.25, -0.2) is 15.2 Å². The second kappa shape index (κ2) is 8.48. The van der Waals surface area contributed by atoms with E-state index >= 15 is 0 Å². The number of rotatable bonds is 5. The summed E-state index contributed by atoms with van der Waals surface area (Å²) in [6, 6.07) is 13.9. The van der Waals surface area contributed by atoms with Crippen LogP contribution in [0.3, 0.4) is 0 Å². The fourth-order valence-electron chi connectivity index (χ4n) is 2.12. The minimum Gasteiger partial charge on any atom is -0.423 e. The van der Waals surface area contributed by atoms with Crippen molar-refractivity contribution in [3.8, 4) is 5.75 Å². The number of carbonyl (C=O) groups excluding carboxylic acids is 2. The molecule has 27 heavy (non-hydrogen) atoms. The van der Waals surface area contributed by atoms with E-state index in [0.29, 0.717) is 11.3 Å². The summed E-state index contributed by atoms with van der Waals surface area (Å²) >= 11 is 0. The molecule has 2 aromatic carbocycles. The van der Waals surface area contributed by atoms with Crippen LogP contribution in [0.1, 0.15) is 32.0 Å². The Labute approximate surface area is 155 Å². The van der Waals surface area contributed by atoms with Crippen LogP contribution < -0.4 is 10.2 Å². The van der Waals surface area contributed by atoms with E-state index in [4.69, 9.17) is 4.74 Å². The summed E-state index contributed by atoms with van der Waals surface area (Å²) in [6.45, 7) is 1.95. The van der Waals surface area contributed by atoms with Crippen molar-refractivity contribution in [1.29, 1.82) is 0 Å². The van der Waals surface area contributed by atoms with E-state index in [0.717, 1.165) is 11.1 Å². The molecule has 0 saturated carbocycles. The van der Waals surface area contributed by atoms with Gasteiger partial charge in [-0.3, -0.25) is 9.78 Å². The molecule has 1 N–H and O–H groups in total. The van der Waals surface area contributed by atoms with Crippen molar-refractivity contribution in [2.45, 2.75) is 6.92 Å². The highest BCUT2D eigenvalue weighted by Gasteiger charge is 2.08. The molecular formula is C20H16N4O3. The monoisotopic (exact) mass is 360 g/mol. The number of hydrazone groups is 1. The number of nitrogens with zero attached hydrogens (tertiary/aromatic N) is 3. The van der Waals surface area contributed by atoms with Crippen LogP contribution >= 0.6 is 0 Å². The number of carbonyl (C=O) groups is 2. The van der Waals surface area contributed by atoms with Crippen LogP contribution in [-0.4, -0.2) is 28.1 Å².